The van der Waals surface area contributed by atoms with Gasteiger partial charge in [-0.15, -0.1) is 0 Å². The van der Waals surface area contributed by atoms with Crippen LogP contribution in [0.4, 0.5) is 0 Å². The predicted molar refractivity (Wildman–Crippen MR) is 225 cm³/mol. The first-order valence-electron chi connectivity index (χ1n) is 20.2. The van der Waals surface area contributed by atoms with Crippen molar-refractivity contribution in [1.29, 1.82) is 0 Å². The molecule has 0 saturated heterocycles. The van der Waals surface area contributed by atoms with E-state index in [0.717, 1.165) is 0 Å². The first-order valence-corrected chi connectivity index (χ1v) is 20.2. The van der Waals surface area contributed by atoms with E-state index in [0.29, 0.717) is 32.2 Å². The molecule has 59 heavy (non-hydrogen) atoms. The van der Waals surface area contributed by atoms with E-state index in [-0.39, 0.29) is 68.9 Å². The lowest BCUT2D eigenvalue weighted by molar-refractivity contribution is -0.142. The lowest BCUT2D eigenvalue weighted by atomic mass is 9.97. The zero-order chi connectivity index (χ0) is 45.2. The van der Waals surface area contributed by atoms with Gasteiger partial charge in [0.15, 0.2) is 11.9 Å². The van der Waals surface area contributed by atoms with Crippen molar-refractivity contribution in [3.63, 3.8) is 0 Å². The molecule has 0 aromatic carbocycles. The van der Waals surface area contributed by atoms with E-state index in [9.17, 15) is 38.7 Å². The SMILES string of the molecule is CC[C@H](C)[C@H](NC(=O)[C@@H](N)CCCN=C(N)N)C(=O)NCC(=O)N[C@@H](CCCN=C(N)N)C(=O)N[C@H](C(=O)N[C@@H](CC(C)C)C(=O)N[C@@H](CCCCN)C(=O)O)C(C)C. The van der Waals surface area contributed by atoms with Gasteiger partial charge in [-0.05, 0) is 75.7 Å². The topological polar surface area (TPSA) is 393 Å². The number of hydrogen-bond acceptors (Lipinski definition) is 11. The molecule has 0 aliphatic carbocycles. The molecule has 0 radical (unpaired) electrons. The molecule has 0 aliphatic heterocycles. The molecule has 0 saturated carbocycles. The number of guanidine groups is 2. The van der Waals surface area contributed by atoms with Gasteiger partial charge in [-0.3, -0.25) is 38.8 Å². The molecular formula is C37H72N14O8. The summed E-state index contributed by atoms with van der Waals surface area (Å²) in [6.07, 6.45) is 2.83. The van der Waals surface area contributed by atoms with Gasteiger partial charge in [0.05, 0.1) is 12.6 Å². The minimum Gasteiger partial charge on any atom is -0.480 e. The molecular weight excluding hydrogens is 768 g/mol. The van der Waals surface area contributed by atoms with Crippen LogP contribution in [0.15, 0.2) is 9.98 Å². The van der Waals surface area contributed by atoms with Gasteiger partial charge in [-0.1, -0.05) is 48.0 Å². The quantitative estimate of drug-likeness (QED) is 0.0194. The molecule has 0 aromatic heterocycles. The predicted octanol–water partition coefficient (Wildman–Crippen LogP) is -3.08. The third-order valence-corrected chi connectivity index (χ3v) is 9.27. The molecule has 0 heterocycles. The molecule has 0 aromatic rings. The van der Waals surface area contributed by atoms with E-state index in [2.05, 4.69) is 41.9 Å². The van der Waals surface area contributed by atoms with Crippen LogP contribution in [0, 0.1) is 17.8 Å². The summed E-state index contributed by atoms with van der Waals surface area (Å²) in [6.45, 7) is 10.8. The number of aliphatic carboxylic acids is 1. The van der Waals surface area contributed by atoms with Crippen LogP contribution < -0.4 is 66.3 Å². The molecule has 0 aliphatic rings. The Morgan fingerprint density at radius 3 is 1.64 bits per heavy atom. The number of aliphatic imine (C=N–C) groups is 2. The Balaban J connectivity index is 5.97. The molecule has 0 rings (SSSR count). The zero-order valence-electron chi connectivity index (χ0n) is 35.6. The standard InChI is InChI=1S/C37H72N14O8/c1-7-22(6)29(51-30(53)23(39)12-10-16-44-36(40)41)33(56)46-19-27(52)47-24(14-11-17-45-37(42)43)31(54)50-28(21(4)5)34(57)49-26(18-20(2)3)32(55)48-25(35(58)59)13-8-9-15-38/h20-26,28-29H,7-19,38-39H2,1-6H3,(H,46,56)(H,47,52)(H,48,55)(H,49,57)(H,50,54)(H,51,53)(H,58,59)(H4,40,41,44)(H4,42,43,45)/t22-,23-,24-,25-,26-,28-,29-/m0/s1. The Morgan fingerprint density at radius 1 is 0.610 bits per heavy atom. The highest BCUT2D eigenvalue weighted by molar-refractivity contribution is 5.96. The van der Waals surface area contributed by atoms with Crippen LogP contribution in [0.1, 0.15) is 99.3 Å². The third kappa shape index (κ3) is 23.1. The second kappa shape index (κ2) is 29.0. The normalized spacial score (nSPS) is 14.6. The number of amides is 6. The van der Waals surface area contributed by atoms with Crippen molar-refractivity contribution in [1.82, 2.24) is 31.9 Å². The fourth-order valence-electron chi connectivity index (χ4n) is 5.68. The van der Waals surface area contributed by atoms with E-state index < -0.39 is 90.1 Å². The van der Waals surface area contributed by atoms with E-state index >= 15 is 0 Å². The Bertz CT molecular complexity index is 1420. The van der Waals surface area contributed by atoms with Crippen molar-refractivity contribution in [2.24, 2.45) is 62.1 Å². The van der Waals surface area contributed by atoms with Crippen LogP contribution in [-0.4, -0.2) is 121 Å². The Labute approximate surface area is 347 Å². The fourth-order valence-corrected chi connectivity index (χ4v) is 5.68. The molecule has 19 N–H and O–H groups in total. The zero-order valence-corrected chi connectivity index (χ0v) is 35.6. The molecule has 338 valence electrons. The highest BCUT2D eigenvalue weighted by atomic mass is 16.4. The summed E-state index contributed by atoms with van der Waals surface area (Å²) in [5.41, 5.74) is 33.1. The molecule has 0 unspecified atom stereocenters. The maximum absolute atomic E-state index is 13.7. The number of rotatable bonds is 30. The van der Waals surface area contributed by atoms with Gasteiger partial charge in [0.25, 0.3) is 0 Å². The van der Waals surface area contributed by atoms with Crippen LogP contribution in [0.25, 0.3) is 0 Å². The lowest BCUT2D eigenvalue weighted by Gasteiger charge is -2.28. The van der Waals surface area contributed by atoms with Crippen LogP contribution in [0.5, 0.6) is 0 Å². The maximum Gasteiger partial charge on any atom is 0.326 e. The number of unbranched alkanes of at least 4 members (excludes halogenated alkanes) is 1. The Morgan fingerprint density at radius 2 is 1.14 bits per heavy atom. The third-order valence-electron chi connectivity index (χ3n) is 9.27. The summed E-state index contributed by atoms with van der Waals surface area (Å²) in [5.74, 6) is -6.48. The Hall–Kier alpha value is -5.25. The molecule has 7 atom stereocenters. The van der Waals surface area contributed by atoms with E-state index in [1.807, 2.05) is 20.8 Å². The summed E-state index contributed by atoms with van der Waals surface area (Å²) < 4.78 is 0. The highest BCUT2D eigenvalue weighted by Gasteiger charge is 2.33. The number of carbonyl (C=O) groups excluding carboxylic acids is 6. The maximum atomic E-state index is 13.7. The van der Waals surface area contributed by atoms with Crippen LogP contribution in [0.2, 0.25) is 0 Å². The second-order valence-corrected chi connectivity index (χ2v) is 15.3. The van der Waals surface area contributed by atoms with Crippen LogP contribution in [-0.2, 0) is 33.6 Å². The monoisotopic (exact) mass is 841 g/mol. The van der Waals surface area contributed by atoms with Crippen molar-refractivity contribution in [2.75, 3.05) is 26.2 Å². The molecule has 0 fully saturated rings. The summed E-state index contributed by atoms with van der Waals surface area (Å²) in [6, 6.07) is -6.68. The largest absolute Gasteiger partial charge is 0.480 e. The lowest BCUT2D eigenvalue weighted by Crippen LogP contribution is -2.59. The summed E-state index contributed by atoms with van der Waals surface area (Å²) in [7, 11) is 0. The smallest absolute Gasteiger partial charge is 0.326 e. The van der Waals surface area contributed by atoms with Gasteiger partial charge in [0, 0.05) is 13.1 Å². The van der Waals surface area contributed by atoms with Crippen molar-refractivity contribution >= 4 is 53.3 Å². The number of carbonyl (C=O) groups is 7. The molecule has 22 nitrogen and oxygen atoms in total. The fraction of sp³-hybridized carbons (Fsp3) is 0.757. The summed E-state index contributed by atoms with van der Waals surface area (Å²) in [4.78, 5) is 99.7. The van der Waals surface area contributed by atoms with Gasteiger partial charge >= 0.3 is 5.97 Å². The first-order chi connectivity index (χ1) is 27.6. The average Bonchev–Trinajstić information content (AvgIpc) is 3.15. The molecule has 0 spiro atoms. The number of carboxylic acids is 1. The number of carboxylic acid groups (broad SMARTS) is 1. The number of nitrogens with two attached hydrogens (primary N) is 6. The van der Waals surface area contributed by atoms with E-state index in [4.69, 9.17) is 34.4 Å². The molecule has 6 amide bonds. The van der Waals surface area contributed by atoms with Gasteiger partial charge in [0.1, 0.15) is 30.2 Å². The first kappa shape index (κ1) is 53.8. The number of nitrogens with zero attached hydrogens (tertiary/aromatic N) is 2. The van der Waals surface area contributed by atoms with Crippen LogP contribution in [0.3, 0.4) is 0 Å². The van der Waals surface area contributed by atoms with Crippen molar-refractivity contribution < 1.29 is 38.7 Å². The molecule has 22 heteroatoms. The second-order valence-electron chi connectivity index (χ2n) is 15.3. The van der Waals surface area contributed by atoms with Crippen LogP contribution >= 0.6 is 0 Å². The number of nitrogens with one attached hydrogen (secondary N) is 6. The Kier molecular flexibility index (Phi) is 26.5. The van der Waals surface area contributed by atoms with Gasteiger partial charge in [-0.2, -0.15) is 0 Å². The minimum absolute atomic E-state index is 0.0282. The summed E-state index contributed by atoms with van der Waals surface area (Å²) in [5, 5.41) is 25.3. The van der Waals surface area contributed by atoms with E-state index in [1.165, 1.54) is 0 Å². The van der Waals surface area contributed by atoms with E-state index in [1.54, 1.807) is 20.8 Å². The number of hydrogen-bond donors (Lipinski definition) is 13. The van der Waals surface area contributed by atoms with Crippen molar-refractivity contribution in [3.8, 4) is 0 Å². The average molecular weight is 841 g/mol. The van der Waals surface area contributed by atoms with Crippen molar-refractivity contribution in [3.05, 3.63) is 0 Å². The van der Waals surface area contributed by atoms with Gasteiger partial charge in [0.2, 0.25) is 35.4 Å². The van der Waals surface area contributed by atoms with Crippen molar-refractivity contribution in [2.45, 2.75) is 136 Å². The summed E-state index contributed by atoms with van der Waals surface area (Å²) >= 11 is 0. The highest BCUT2D eigenvalue weighted by Crippen LogP contribution is 2.12. The van der Waals surface area contributed by atoms with Gasteiger partial charge < -0.3 is 71.4 Å². The molecule has 0 bridgehead atoms. The van der Waals surface area contributed by atoms with Gasteiger partial charge in [-0.25, -0.2) is 4.79 Å². The minimum atomic E-state index is -1.22.